The first kappa shape index (κ1) is 7.69. The Morgan fingerprint density at radius 1 is 1.40 bits per heavy atom. The molecule has 0 atom stereocenters. The number of carbonyl (C=O) groups is 1. The predicted octanol–water partition coefficient (Wildman–Crippen LogP) is -0.290. The minimum atomic E-state index is -0.489. The Bertz CT molecular complexity index is 138. The molecule has 0 aromatic carbocycles. The van der Waals surface area contributed by atoms with Crippen molar-refractivity contribution in [3.8, 4) is 0 Å². The predicted molar refractivity (Wildman–Crippen MR) is 35.5 cm³/mol. The Hall–Kier alpha value is -0.410. The summed E-state index contributed by atoms with van der Waals surface area (Å²) in [5, 5.41) is 17.6. The van der Waals surface area contributed by atoms with E-state index in [-0.39, 0.29) is 19.0 Å². The molecule has 1 rings (SSSR count). The molecule has 3 nitrogen and oxygen atoms in total. The molecule has 0 unspecified atom stereocenters. The highest BCUT2D eigenvalue weighted by molar-refractivity contribution is 5.81. The van der Waals surface area contributed by atoms with Gasteiger partial charge in [0.25, 0.3) is 0 Å². The summed E-state index contributed by atoms with van der Waals surface area (Å²) in [6, 6.07) is 0. The normalized spacial score (nSPS) is 23.6. The lowest BCUT2D eigenvalue weighted by Gasteiger charge is -2.21. The van der Waals surface area contributed by atoms with Crippen molar-refractivity contribution in [3.63, 3.8) is 0 Å². The van der Waals surface area contributed by atoms with E-state index < -0.39 is 5.41 Å². The molecule has 0 saturated heterocycles. The fourth-order valence-corrected chi connectivity index (χ4v) is 1.32. The summed E-state index contributed by atoms with van der Waals surface area (Å²) in [6.45, 7) is -0.148. The Morgan fingerprint density at radius 2 is 2.00 bits per heavy atom. The molecule has 1 fully saturated rings. The molecule has 10 heavy (non-hydrogen) atoms. The highest BCUT2D eigenvalue weighted by atomic mass is 16.3. The monoisotopic (exact) mass is 144 g/mol. The van der Waals surface area contributed by atoms with Crippen LogP contribution in [0.1, 0.15) is 19.3 Å². The van der Waals surface area contributed by atoms with Gasteiger partial charge in [-0.15, -0.1) is 0 Å². The molecule has 3 heteroatoms. The number of hydrogen-bond acceptors (Lipinski definition) is 3. The standard InChI is InChI=1S/C7H12O3/c8-4-7(5-9)2-1-6(10)3-7/h8-9H,1-5H2. The molecular formula is C7H12O3. The second kappa shape index (κ2) is 2.68. The summed E-state index contributed by atoms with van der Waals surface area (Å²) >= 11 is 0. The van der Waals surface area contributed by atoms with Crippen LogP contribution in [0.4, 0.5) is 0 Å². The van der Waals surface area contributed by atoms with Gasteiger partial charge in [0.1, 0.15) is 5.78 Å². The minimum absolute atomic E-state index is 0.0742. The third-order valence-electron chi connectivity index (χ3n) is 2.18. The maximum atomic E-state index is 10.8. The van der Waals surface area contributed by atoms with Gasteiger partial charge >= 0.3 is 0 Å². The summed E-state index contributed by atoms with van der Waals surface area (Å²) in [6.07, 6.45) is 1.50. The zero-order valence-electron chi connectivity index (χ0n) is 5.84. The zero-order chi connectivity index (χ0) is 7.61. The fraction of sp³-hybridized carbons (Fsp3) is 0.857. The molecule has 1 aliphatic rings. The number of aliphatic hydroxyl groups excluding tert-OH is 2. The lowest BCUT2D eigenvalue weighted by molar-refractivity contribution is -0.118. The van der Waals surface area contributed by atoms with E-state index in [2.05, 4.69) is 0 Å². The van der Waals surface area contributed by atoms with E-state index in [4.69, 9.17) is 10.2 Å². The number of Topliss-reactive ketones (excluding diaryl/α,β-unsaturated/α-hetero) is 1. The maximum absolute atomic E-state index is 10.8. The topological polar surface area (TPSA) is 57.5 Å². The van der Waals surface area contributed by atoms with E-state index in [1.807, 2.05) is 0 Å². The summed E-state index contributed by atoms with van der Waals surface area (Å²) in [7, 11) is 0. The third-order valence-corrected chi connectivity index (χ3v) is 2.18. The van der Waals surface area contributed by atoms with Crippen LogP contribution in [0.15, 0.2) is 0 Å². The number of rotatable bonds is 2. The van der Waals surface area contributed by atoms with Crippen molar-refractivity contribution in [2.45, 2.75) is 19.3 Å². The highest BCUT2D eigenvalue weighted by Crippen LogP contribution is 2.34. The molecule has 0 bridgehead atoms. The molecule has 0 radical (unpaired) electrons. The molecule has 58 valence electrons. The Labute approximate surface area is 59.7 Å². The van der Waals surface area contributed by atoms with E-state index in [1.54, 1.807) is 0 Å². The fourth-order valence-electron chi connectivity index (χ4n) is 1.32. The van der Waals surface area contributed by atoms with Gasteiger partial charge < -0.3 is 10.2 Å². The van der Waals surface area contributed by atoms with Crippen molar-refractivity contribution >= 4 is 5.78 Å². The lowest BCUT2D eigenvalue weighted by Crippen LogP contribution is -2.26. The first-order chi connectivity index (χ1) is 4.72. The highest BCUT2D eigenvalue weighted by Gasteiger charge is 2.37. The van der Waals surface area contributed by atoms with Crippen LogP contribution in [0.25, 0.3) is 0 Å². The van der Waals surface area contributed by atoms with E-state index >= 15 is 0 Å². The summed E-state index contributed by atoms with van der Waals surface area (Å²) in [4.78, 5) is 10.8. The molecule has 0 heterocycles. The molecular weight excluding hydrogens is 132 g/mol. The van der Waals surface area contributed by atoms with Crippen molar-refractivity contribution in [2.75, 3.05) is 13.2 Å². The largest absolute Gasteiger partial charge is 0.396 e. The van der Waals surface area contributed by atoms with Crippen molar-refractivity contribution < 1.29 is 15.0 Å². The Balaban J connectivity index is 2.59. The molecule has 0 aromatic heterocycles. The van der Waals surface area contributed by atoms with Crippen LogP contribution in [-0.4, -0.2) is 29.2 Å². The third kappa shape index (κ3) is 1.20. The van der Waals surface area contributed by atoms with Crippen LogP contribution in [0.2, 0.25) is 0 Å². The molecule has 2 N–H and O–H groups in total. The van der Waals surface area contributed by atoms with Gasteiger partial charge in [0.15, 0.2) is 0 Å². The van der Waals surface area contributed by atoms with Gasteiger partial charge in [0, 0.05) is 18.3 Å². The van der Waals surface area contributed by atoms with Crippen LogP contribution >= 0.6 is 0 Å². The average Bonchev–Trinajstić information content (AvgIpc) is 2.33. The van der Waals surface area contributed by atoms with Crippen molar-refractivity contribution in [3.05, 3.63) is 0 Å². The quantitative estimate of drug-likeness (QED) is 0.560. The van der Waals surface area contributed by atoms with Gasteiger partial charge in [-0.25, -0.2) is 0 Å². The molecule has 1 aliphatic carbocycles. The summed E-state index contributed by atoms with van der Waals surface area (Å²) in [5.41, 5.74) is -0.489. The van der Waals surface area contributed by atoms with Crippen molar-refractivity contribution in [1.82, 2.24) is 0 Å². The van der Waals surface area contributed by atoms with Crippen LogP contribution < -0.4 is 0 Å². The summed E-state index contributed by atoms with van der Waals surface area (Å²) < 4.78 is 0. The maximum Gasteiger partial charge on any atom is 0.133 e. The van der Waals surface area contributed by atoms with Gasteiger partial charge in [0.05, 0.1) is 13.2 Å². The van der Waals surface area contributed by atoms with E-state index in [1.165, 1.54) is 0 Å². The van der Waals surface area contributed by atoms with E-state index in [0.717, 1.165) is 0 Å². The van der Waals surface area contributed by atoms with Crippen LogP contribution in [0, 0.1) is 5.41 Å². The Kier molecular flexibility index (Phi) is 2.06. The van der Waals surface area contributed by atoms with Crippen LogP contribution in [-0.2, 0) is 4.79 Å². The summed E-state index contributed by atoms with van der Waals surface area (Å²) in [5.74, 6) is 0.156. The molecule has 0 aromatic rings. The lowest BCUT2D eigenvalue weighted by atomic mass is 9.88. The first-order valence-corrected chi connectivity index (χ1v) is 3.46. The van der Waals surface area contributed by atoms with Crippen LogP contribution in [0.5, 0.6) is 0 Å². The smallest absolute Gasteiger partial charge is 0.133 e. The first-order valence-electron chi connectivity index (χ1n) is 3.46. The number of carbonyl (C=O) groups excluding carboxylic acids is 1. The van der Waals surface area contributed by atoms with Gasteiger partial charge in [-0.05, 0) is 6.42 Å². The molecule has 0 aliphatic heterocycles. The number of hydrogen-bond donors (Lipinski definition) is 2. The second-order valence-electron chi connectivity index (χ2n) is 3.03. The van der Waals surface area contributed by atoms with Gasteiger partial charge in [-0.3, -0.25) is 4.79 Å². The van der Waals surface area contributed by atoms with Gasteiger partial charge in [-0.1, -0.05) is 0 Å². The Morgan fingerprint density at radius 3 is 2.20 bits per heavy atom. The molecule has 1 saturated carbocycles. The van der Waals surface area contributed by atoms with Gasteiger partial charge in [0.2, 0.25) is 0 Å². The SMILES string of the molecule is O=C1CCC(CO)(CO)C1. The zero-order valence-corrected chi connectivity index (χ0v) is 5.84. The van der Waals surface area contributed by atoms with Crippen molar-refractivity contribution in [1.29, 1.82) is 0 Å². The molecule has 0 spiro atoms. The van der Waals surface area contributed by atoms with Crippen LogP contribution in [0.3, 0.4) is 0 Å². The minimum Gasteiger partial charge on any atom is -0.396 e. The van der Waals surface area contributed by atoms with Crippen molar-refractivity contribution in [2.24, 2.45) is 5.41 Å². The average molecular weight is 144 g/mol. The number of aliphatic hydroxyl groups is 2. The van der Waals surface area contributed by atoms with E-state index in [9.17, 15) is 4.79 Å². The molecule has 0 amide bonds. The second-order valence-corrected chi connectivity index (χ2v) is 3.03. The number of ketones is 1. The van der Waals surface area contributed by atoms with Gasteiger partial charge in [-0.2, -0.15) is 0 Å². The van der Waals surface area contributed by atoms with E-state index in [0.29, 0.717) is 19.3 Å².